The fourth-order valence-electron chi connectivity index (χ4n) is 4.53. The standard InChI is InChI=1S/C25H30N8O5/c26-14-8-15(27)11-32(10-14)24-29-23(30-25(31-24)33-12-20(35)21(36)13-33)28-16-6-7-18(19(34)9-16)22(37)38-17-4-2-1-3-5-17/h1-7,9,14-15,20-21,34-36H,8,10-13,26-27H2,(H,28,29,30,31)/t14-,15+,20-,21+. The first-order valence-corrected chi connectivity index (χ1v) is 12.3. The van der Waals surface area contributed by atoms with Crippen LogP contribution in [0.1, 0.15) is 16.8 Å². The smallest absolute Gasteiger partial charge is 0.347 e. The maximum Gasteiger partial charge on any atom is 0.347 e. The molecule has 2 fully saturated rings. The second-order valence-corrected chi connectivity index (χ2v) is 9.52. The summed E-state index contributed by atoms with van der Waals surface area (Å²) < 4.78 is 5.30. The van der Waals surface area contributed by atoms with Crippen molar-refractivity contribution in [2.75, 3.05) is 41.3 Å². The number of esters is 1. The number of piperidine rings is 1. The number of aliphatic hydroxyl groups is 2. The Hall–Kier alpha value is -4.04. The number of hydrogen-bond acceptors (Lipinski definition) is 13. The third kappa shape index (κ3) is 5.75. The number of β-amino-alcohol motifs (C(OH)–C–C–N with tert-alkyl or cyclic N) is 2. The third-order valence-electron chi connectivity index (χ3n) is 6.38. The first kappa shape index (κ1) is 25.6. The van der Waals surface area contributed by atoms with Gasteiger partial charge in [-0.15, -0.1) is 0 Å². The summed E-state index contributed by atoms with van der Waals surface area (Å²) >= 11 is 0. The van der Waals surface area contributed by atoms with Crippen molar-refractivity contribution in [2.45, 2.75) is 30.7 Å². The van der Waals surface area contributed by atoms with Gasteiger partial charge in [0.15, 0.2) is 0 Å². The second-order valence-electron chi connectivity index (χ2n) is 9.52. The molecule has 2 aromatic carbocycles. The van der Waals surface area contributed by atoms with E-state index in [1.165, 1.54) is 12.1 Å². The van der Waals surface area contributed by atoms with E-state index in [0.29, 0.717) is 36.9 Å². The molecule has 3 heterocycles. The minimum Gasteiger partial charge on any atom is -0.507 e. The number of aromatic nitrogens is 3. The van der Waals surface area contributed by atoms with Crippen LogP contribution in [0.15, 0.2) is 48.5 Å². The van der Waals surface area contributed by atoms with Crippen LogP contribution in [0.2, 0.25) is 0 Å². The molecule has 2 aliphatic rings. The zero-order chi connectivity index (χ0) is 26.8. The molecule has 0 radical (unpaired) electrons. The lowest BCUT2D eigenvalue weighted by molar-refractivity contribution is 0.0572. The fourth-order valence-corrected chi connectivity index (χ4v) is 4.53. The number of carbonyl (C=O) groups excluding carboxylic acids is 1. The SMILES string of the molecule is N[C@@H]1C[C@H](N)CN(c2nc(Nc3ccc(C(=O)Oc4ccccc4)c(O)c3)nc(N3C[C@@H](O)[C@@H](O)C3)n2)C1. The van der Waals surface area contributed by atoms with Crippen LogP contribution >= 0.6 is 0 Å². The predicted octanol–water partition coefficient (Wildman–Crippen LogP) is -0.0535. The molecular weight excluding hydrogens is 492 g/mol. The minimum absolute atomic E-state index is 0.00670. The molecule has 1 aromatic heterocycles. The van der Waals surface area contributed by atoms with Crippen LogP contribution < -0.4 is 31.3 Å². The maximum atomic E-state index is 12.5. The van der Waals surface area contributed by atoms with Gasteiger partial charge in [0.25, 0.3) is 0 Å². The summed E-state index contributed by atoms with van der Waals surface area (Å²) in [5.74, 6) is 0.128. The molecule has 13 heteroatoms. The first-order chi connectivity index (χ1) is 18.2. The summed E-state index contributed by atoms with van der Waals surface area (Å²) in [4.78, 5) is 29.6. The van der Waals surface area contributed by atoms with Crippen LogP contribution in [0.25, 0.3) is 0 Å². The molecule has 13 nitrogen and oxygen atoms in total. The van der Waals surface area contributed by atoms with Gasteiger partial charge in [-0.2, -0.15) is 15.0 Å². The molecule has 0 saturated carbocycles. The van der Waals surface area contributed by atoms with Crippen molar-refractivity contribution in [1.82, 2.24) is 15.0 Å². The summed E-state index contributed by atoms with van der Waals surface area (Å²) in [6.07, 6.45) is -1.17. The van der Waals surface area contributed by atoms with Gasteiger partial charge < -0.3 is 46.6 Å². The van der Waals surface area contributed by atoms with Gasteiger partial charge in [0.1, 0.15) is 17.1 Å². The molecule has 2 aliphatic heterocycles. The number of rotatable bonds is 6. The molecular formula is C25H30N8O5. The summed E-state index contributed by atoms with van der Waals surface area (Å²) in [6, 6.07) is 12.6. The van der Waals surface area contributed by atoms with Gasteiger partial charge in [-0.05, 0) is 30.7 Å². The van der Waals surface area contributed by atoms with Crippen molar-refractivity contribution in [3.05, 3.63) is 54.1 Å². The van der Waals surface area contributed by atoms with Crippen LogP contribution in [0.3, 0.4) is 0 Å². The summed E-state index contributed by atoms with van der Waals surface area (Å²) in [5, 5.41) is 33.6. The largest absolute Gasteiger partial charge is 0.507 e. The Kier molecular flexibility index (Phi) is 7.24. The number of benzene rings is 2. The van der Waals surface area contributed by atoms with Gasteiger partial charge in [-0.25, -0.2) is 4.79 Å². The van der Waals surface area contributed by atoms with Crippen molar-refractivity contribution >= 4 is 29.5 Å². The lowest BCUT2D eigenvalue weighted by Crippen LogP contribution is -2.53. The van der Waals surface area contributed by atoms with Crippen LogP contribution in [0, 0.1) is 0 Å². The van der Waals surface area contributed by atoms with E-state index >= 15 is 0 Å². The number of anilines is 4. The number of aromatic hydroxyl groups is 1. The van der Waals surface area contributed by atoms with E-state index in [4.69, 9.17) is 16.2 Å². The Bertz CT molecular complexity index is 1280. The number of carbonyl (C=O) groups is 1. The van der Waals surface area contributed by atoms with Gasteiger partial charge in [0.2, 0.25) is 17.8 Å². The number of para-hydroxylation sites is 1. The van der Waals surface area contributed by atoms with E-state index < -0.39 is 18.2 Å². The van der Waals surface area contributed by atoms with Crippen LogP contribution in [0.5, 0.6) is 11.5 Å². The zero-order valence-corrected chi connectivity index (χ0v) is 20.5. The Morgan fingerprint density at radius 1 is 0.895 bits per heavy atom. The normalized spacial score (nSPS) is 23.4. The Balaban J connectivity index is 1.40. The molecule has 4 atom stereocenters. The van der Waals surface area contributed by atoms with Gasteiger partial charge >= 0.3 is 5.97 Å². The molecule has 2 saturated heterocycles. The lowest BCUT2D eigenvalue weighted by atomic mass is 10.0. The lowest BCUT2D eigenvalue weighted by Gasteiger charge is -2.35. The predicted molar refractivity (Wildman–Crippen MR) is 140 cm³/mol. The average molecular weight is 523 g/mol. The highest BCUT2D eigenvalue weighted by molar-refractivity contribution is 5.94. The Morgan fingerprint density at radius 2 is 1.50 bits per heavy atom. The van der Waals surface area contributed by atoms with E-state index in [9.17, 15) is 20.1 Å². The molecule has 200 valence electrons. The maximum absolute atomic E-state index is 12.5. The number of ether oxygens (including phenoxy) is 1. The van der Waals surface area contributed by atoms with E-state index in [0.717, 1.165) is 0 Å². The van der Waals surface area contributed by atoms with E-state index in [1.54, 1.807) is 41.3 Å². The molecule has 5 rings (SSSR count). The zero-order valence-electron chi connectivity index (χ0n) is 20.5. The van der Waals surface area contributed by atoms with Crippen LogP contribution in [-0.2, 0) is 0 Å². The number of nitrogens with zero attached hydrogens (tertiary/aromatic N) is 5. The molecule has 0 bridgehead atoms. The quantitative estimate of drug-likeness (QED) is 0.186. The van der Waals surface area contributed by atoms with Crippen molar-refractivity contribution in [3.63, 3.8) is 0 Å². The summed E-state index contributed by atoms with van der Waals surface area (Å²) in [6.45, 7) is 1.31. The highest BCUT2D eigenvalue weighted by Crippen LogP contribution is 2.28. The molecule has 0 spiro atoms. The Labute approximate surface area is 218 Å². The molecule has 8 N–H and O–H groups in total. The molecule has 3 aromatic rings. The molecule has 0 unspecified atom stereocenters. The average Bonchev–Trinajstić information content (AvgIpc) is 3.22. The van der Waals surface area contributed by atoms with Crippen molar-refractivity contribution in [3.8, 4) is 11.5 Å². The fraction of sp³-hybridized carbons (Fsp3) is 0.360. The van der Waals surface area contributed by atoms with E-state index in [1.807, 2.05) is 4.90 Å². The Morgan fingerprint density at radius 3 is 2.11 bits per heavy atom. The minimum atomic E-state index is -0.927. The van der Waals surface area contributed by atoms with Gasteiger partial charge in [0, 0.05) is 50.0 Å². The van der Waals surface area contributed by atoms with Crippen molar-refractivity contribution in [2.24, 2.45) is 11.5 Å². The number of nitrogens with two attached hydrogens (primary N) is 2. The number of nitrogens with one attached hydrogen (secondary N) is 1. The van der Waals surface area contributed by atoms with E-state index in [-0.39, 0.29) is 48.4 Å². The van der Waals surface area contributed by atoms with Crippen LogP contribution in [-0.4, -0.2) is 86.7 Å². The van der Waals surface area contributed by atoms with Crippen LogP contribution in [0.4, 0.5) is 23.5 Å². The van der Waals surface area contributed by atoms with E-state index in [2.05, 4.69) is 20.3 Å². The highest BCUT2D eigenvalue weighted by Gasteiger charge is 2.33. The number of aliphatic hydroxyl groups excluding tert-OH is 2. The number of phenolic OH excluding ortho intramolecular Hbond substituents is 1. The first-order valence-electron chi connectivity index (χ1n) is 12.3. The topological polar surface area (TPSA) is 196 Å². The summed E-state index contributed by atoms with van der Waals surface area (Å²) in [5.41, 5.74) is 12.7. The van der Waals surface area contributed by atoms with Crippen molar-refractivity contribution in [1.29, 1.82) is 0 Å². The molecule has 38 heavy (non-hydrogen) atoms. The number of phenols is 1. The third-order valence-corrected chi connectivity index (χ3v) is 6.38. The number of hydrogen-bond donors (Lipinski definition) is 6. The highest BCUT2D eigenvalue weighted by atomic mass is 16.5. The van der Waals surface area contributed by atoms with Crippen molar-refractivity contribution < 1.29 is 24.9 Å². The second kappa shape index (κ2) is 10.8. The van der Waals surface area contributed by atoms with Gasteiger partial charge in [-0.3, -0.25) is 0 Å². The molecule has 0 aliphatic carbocycles. The summed E-state index contributed by atoms with van der Waals surface area (Å²) in [7, 11) is 0. The van der Waals surface area contributed by atoms with Gasteiger partial charge in [0.05, 0.1) is 12.2 Å². The molecule has 0 amide bonds. The monoisotopic (exact) mass is 522 g/mol. The van der Waals surface area contributed by atoms with Gasteiger partial charge in [-0.1, -0.05) is 18.2 Å².